The molecule has 1 aromatic heterocycles. The Labute approximate surface area is 120 Å². The molecule has 0 bridgehead atoms. The lowest BCUT2D eigenvalue weighted by molar-refractivity contribution is 0.0951. The molecular formula is C14H16BrN3O. The van der Waals surface area contributed by atoms with Crippen LogP contribution < -0.4 is 5.32 Å². The summed E-state index contributed by atoms with van der Waals surface area (Å²) >= 11 is 3.37. The van der Waals surface area contributed by atoms with E-state index in [4.69, 9.17) is 0 Å². The molecule has 2 rings (SSSR count). The molecular weight excluding hydrogens is 306 g/mol. The molecule has 0 unspecified atom stereocenters. The average molecular weight is 322 g/mol. The normalized spacial score (nSPS) is 10.5. The molecule has 1 amide bonds. The number of halogens is 1. The van der Waals surface area contributed by atoms with E-state index in [9.17, 15) is 4.79 Å². The van der Waals surface area contributed by atoms with Crippen molar-refractivity contribution in [3.63, 3.8) is 0 Å². The summed E-state index contributed by atoms with van der Waals surface area (Å²) in [5, 5.41) is 7.25. The van der Waals surface area contributed by atoms with Crippen LogP contribution in [0.2, 0.25) is 0 Å². The summed E-state index contributed by atoms with van der Waals surface area (Å²) in [7, 11) is 0. The van der Waals surface area contributed by atoms with Gasteiger partial charge in [-0.1, -0.05) is 12.1 Å². The lowest BCUT2D eigenvalue weighted by Crippen LogP contribution is -2.28. The topological polar surface area (TPSA) is 46.9 Å². The Morgan fingerprint density at radius 3 is 2.74 bits per heavy atom. The zero-order valence-electron chi connectivity index (χ0n) is 11.0. The van der Waals surface area contributed by atoms with Crippen molar-refractivity contribution in [1.82, 2.24) is 15.1 Å². The molecule has 4 nitrogen and oxygen atoms in total. The molecule has 1 N–H and O–H groups in total. The summed E-state index contributed by atoms with van der Waals surface area (Å²) in [6, 6.07) is 9.41. The number of rotatable bonds is 4. The Morgan fingerprint density at radius 1 is 1.37 bits per heavy atom. The Hall–Kier alpha value is -1.62. The molecule has 0 fully saturated rings. The Balaban J connectivity index is 1.91. The van der Waals surface area contributed by atoms with Crippen molar-refractivity contribution < 1.29 is 4.79 Å². The number of hydrogen-bond donors (Lipinski definition) is 1. The van der Waals surface area contributed by atoms with Gasteiger partial charge in [0.2, 0.25) is 0 Å². The van der Waals surface area contributed by atoms with Gasteiger partial charge in [0.15, 0.2) is 0 Å². The Morgan fingerprint density at radius 2 is 2.11 bits per heavy atom. The van der Waals surface area contributed by atoms with Gasteiger partial charge in [-0.3, -0.25) is 9.48 Å². The van der Waals surface area contributed by atoms with Gasteiger partial charge in [-0.25, -0.2) is 0 Å². The molecule has 0 aliphatic heterocycles. The summed E-state index contributed by atoms with van der Waals surface area (Å²) in [6.07, 6.45) is 0. The van der Waals surface area contributed by atoms with E-state index in [1.54, 1.807) is 6.07 Å². The van der Waals surface area contributed by atoms with E-state index in [0.29, 0.717) is 18.7 Å². The number of carbonyl (C=O) groups is 1. The van der Waals surface area contributed by atoms with Gasteiger partial charge in [0.1, 0.15) is 0 Å². The zero-order chi connectivity index (χ0) is 13.8. The monoisotopic (exact) mass is 321 g/mol. The smallest absolute Gasteiger partial charge is 0.252 e. The van der Waals surface area contributed by atoms with Crippen molar-refractivity contribution in [2.45, 2.75) is 20.4 Å². The lowest BCUT2D eigenvalue weighted by atomic mass is 10.2. The quantitative estimate of drug-likeness (QED) is 0.941. The van der Waals surface area contributed by atoms with Gasteiger partial charge in [-0.15, -0.1) is 0 Å². The van der Waals surface area contributed by atoms with E-state index in [0.717, 1.165) is 15.9 Å². The van der Waals surface area contributed by atoms with E-state index < -0.39 is 0 Å². The summed E-state index contributed by atoms with van der Waals surface area (Å²) in [5.74, 6) is -0.0750. The summed E-state index contributed by atoms with van der Waals surface area (Å²) in [6.45, 7) is 5.21. The molecule has 2 aromatic rings. The van der Waals surface area contributed by atoms with Gasteiger partial charge in [-0.2, -0.15) is 5.10 Å². The second kappa shape index (κ2) is 6.02. The highest BCUT2D eigenvalue weighted by atomic mass is 79.9. The first kappa shape index (κ1) is 13.8. The average Bonchev–Trinajstić information content (AvgIpc) is 2.68. The van der Waals surface area contributed by atoms with Crippen molar-refractivity contribution in [3.05, 3.63) is 51.8 Å². The van der Waals surface area contributed by atoms with Crippen molar-refractivity contribution >= 4 is 21.8 Å². The number of nitrogens with one attached hydrogen (secondary N) is 1. The molecule has 5 heteroatoms. The Kier molecular flexibility index (Phi) is 4.37. The predicted octanol–water partition coefficient (Wildman–Crippen LogP) is 2.69. The molecule has 0 atom stereocenters. The van der Waals surface area contributed by atoms with Crippen LogP contribution in [-0.4, -0.2) is 22.2 Å². The van der Waals surface area contributed by atoms with Crippen LogP contribution in [0.5, 0.6) is 0 Å². The largest absolute Gasteiger partial charge is 0.350 e. The number of aryl methyl sites for hydroxylation is 2. The molecule has 0 radical (unpaired) electrons. The molecule has 1 aromatic carbocycles. The van der Waals surface area contributed by atoms with Crippen molar-refractivity contribution in [3.8, 4) is 0 Å². The molecule has 19 heavy (non-hydrogen) atoms. The Bertz CT molecular complexity index is 592. The minimum absolute atomic E-state index is 0.0750. The van der Waals surface area contributed by atoms with Crippen LogP contribution in [0.25, 0.3) is 0 Å². The van der Waals surface area contributed by atoms with E-state index in [2.05, 4.69) is 26.3 Å². The maximum Gasteiger partial charge on any atom is 0.252 e. The van der Waals surface area contributed by atoms with Gasteiger partial charge in [-0.05, 0) is 48.0 Å². The molecule has 100 valence electrons. The van der Waals surface area contributed by atoms with E-state index in [-0.39, 0.29) is 5.91 Å². The van der Waals surface area contributed by atoms with Gasteiger partial charge in [0.05, 0.1) is 17.8 Å². The van der Waals surface area contributed by atoms with Gasteiger partial charge in [0.25, 0.3) is 5.91 Å². The van der Waals surface area contributed by atoms with Crippen LogP contribution in [0, 0.1) is 13.8 Å². The summed E-state index contributed by atoms with van der Waals surface area (Å²) < 4.78 is 2.70. The van der Waals surface area contributed by atoms with E-state index in [1.807, 2.05) is 42.8 Å². The van der Waals surface area contributed by atoms with E-state index in [1.165, 1.54) is 0 Å². The fourth-order valence-electron chi connectivity index (χ4n) is 1.92. The standard InChI is InChI=1S/C14H16BrN3O/c1-10-9-11(2)18(17-10)8-7-16-14(19)12-5-3-4-6-13(12)15/h3-6,9H,7-8H2,1-2H3,(H,16,19). The first-order chi connectivity index (χ1) is 9.08. The maximum absolute atomic E-state index is 12.0. The van der Waals surface area contributed by atoms with Crippen LogP contribution in [0.3, 0.4) is 0 Å². The fraction of sp³-hybridized carbons (Fsp3) is 0.286. The molecule has 0 saturated carbocycles. The fourth-order valence-corrected chi connectivity index (χ4v) is 2.38. The third kappa shape index (κ3) is 3.44. The van der Waals surface area contributed by atoms with Gasteiger partial charge in [0, 0.05) is 16.7 Å². The first-order valence-corrected chi connectivity index (χ1v) is 6.91. The highest BCUT2D eigenvalue weighted by molar-refractivity contribution is 9.10. The van der Waals surface area contributed by atoms with Gasteiger partial charge >= 0.3 is 0 Å². The number of carbonyl (C=O) groups excluding carboxylic acids is 1. The third-order valence-corrected chi connectivity index (χ3v) is 3.52. The summed E-state index contributed by atoms with van der Waals surface area (Å²) in [4.78, 5) is 12.0. The number of aromatic nitrogens is 2. The van der Waals surface area contributed by atoms with Crippen LogP contribution in [-0.2, 0) is 6.54 Å². The van der Waals surface area contributed by atoms with Crippen LogP contribution in [0.1, 0.15) is 21.7 Å². The second-order valence-corrected chi connectivity index (χ2v) is 5.24. The molecule has 0 saturated heterocycles. The van der Waals surface area contributed by atoms with Crippen LogP contribution in [0.15, 0.2) is 34.8 Å². The molecule has 1 heterocycles. The highest BCUT2D eigenvalue weighted by Gasteiger charge is 2.08. The lowest BCUT2D eigenvalue weighted by Gasteiger charge is -2.08. The molecule has 0 aliphatic carbocycles. The SMILES string of the molecule is Cc1cc(C)n(CCNC(=O)c2ccccc2Br)n1. The number of hydrogen-bond acceptors (Lipinski definition) is 2. The number of amides is 1. The van der Waals surface area contributed by atoms with Crippen molar-refractivity contribution in [2.75, 3.05) is 6.54 Å². The summed E-state index contributed by atoms with van der Waals surface area (Å²) in [5.41, 5.74) is 2.75. The zero-order valence-corrected chi connectivity index (χ0v) is 12.6. The van der Waals surface area contributed by atoms with E-state index >= 15 is 0 Å². The van der Waals surface area contributed by atoms with Crippen LogP contribution >= 0.6 is 15.9 Å². The third-order valence-electron chi connectivity index (χ3n) is 2.83. The minimum atomic E-state index is -0.0750. The van der Waals surface area contributed by atoms with Crippen molar-refractivity contribution in [2.24, 2.45) is 0 Å². The maximum atomic E-state index is 12.0. The van der Waals surface area contributed by atoms with Crippen LogP contribution in [0.4, 0.5) is 0 Å². The van der Waals surface area contributed by atoms with Crippen molar-refractivity contribution in [1.29, 1.82) is 0 Å². The second-order valence-electron chi connectivity index (χ2n) is 4.39. The highest BCUT2D eigenvalue weighted by Crippen LogP contribution is 2.15. The minimum Gasteiger partial charge on any atom is -0.350 e. The number of benzene rings is 1. The first-order valence-electron chi connectivity index (χ1n) is 6.11. The molecule has 0 spiro atoms. The number of nitrogens with zero attached hydrogens (tertiary/aromatic N) is 2. The van der Waals surface area contributed by atoms with Gasteiger partial charge < -0.3 is 5.32 Å². The molecule has 0 aliphatic rings. The predicted molar refractivity (Wildman–Crippen MR) is 78.2 cm³/mol.